The zero-order valence-corrected chi connectivity index (χ0v) is 40.8. The molecule has 0 heterocycles. The molecular formula is C57H94O6. The van der Waals surface area contributed by atoms with Crippen molar-refractivity contribution in [2.24, 2.45) is 0 Å². The molecule has 0 aliphatic rings. The SMILES string of the molecule is CC\C=C/C=C\C=C/C=C\C=C/CCCC(=O)OCC(COC(=O)CCC/C=C\C/C=C\C/C=C\CCCCCCCC)OC(=O)CCCCCCCCCCCCCCCCC. The van der Waals surface area contributed by atoms with E-state index in [0.717, 1.165) is 51.4 Å². The molecule has 0 aromatic rings. The summed E-state index contributed by atoms with van der Waals surface area (Å²) >= 11 is 0. The fourth-order valence-corrected chi connectivity index (χ4v) is 6.84. The molecule has 0 bridgehead atoms. The lowest BCUT2D eigenvalue weighted by atomic mass is 10.0. The number of esters is 3. The number of carbonyl (C=O) groups is 3. The van der Waals surface area contributed by atoms with Crippen LogP contribution >= 0.6 is 0 Å². The number of carbonyl (C=O) groups excluding carboxylic acids is 3. The third-order valence-corrected chi connectivity index (χ3v) is 10.7. The Morgan fingerprint density at radius 3 is 1.16 bits per heavy atom. The first-order valence-corrected chi connectivity index (χ1v) is 25.8. The van der Waals surface area contributed by atoms with Crippen molar-refractivity contribution in [2.75, 3.05) is 13.2 Å². The molecule has 358 valence electrons. The van der Waals surface area contributed by atoms with E-state index in [9.17, 15) is 14.4 Å². The van der Waals surface area contributed by atoms with Gasteiger partial charge in [-0.25, -0.2) is 0 Å². The Balaban J connectivity index is 4.54. The minimum Gasteiger partial charge on any atom is -0.462 e. The zero-order valence-electron chi connectivity index (χ0n) is 40.8. The van der Waals surface area contributed by atoms with Gasteiger partial charge in [0.25, 0.3) is 0 Å². The summed E-state index contributed by atoms with van der Waals surface area (Å²) in [5, 5.41) is 0. The van der Waals surface area contributed by atoms with Crippen molar-refractivity contribution in [2.45, 2.75) is 232 Å². The van der Waals surface area contributed by atoms with Gasteiger partial charge in [0.15, 0.2) is 6.10 Å². The Morgan fingerprint density at radius 2 is 0.698 bits per heavy atom. The summed E-state index contributed by atoms with van der Waals surface area (Å²) in [6.45, 7) is 6.38. The fourth-order valence-electron chi connectivity index (χ4n) is 6.84. The Hall–Kier alpha value is -3.67. The Morgan fingerprint density at radius 1 is 0.349 bits per heavy atom. The molecule has 0 saturated heterocycles. The van der Waals surface area contributed by atoms with E-state index in [-0.39, 0.29) is 44.0 Å². The van der Waals surface area contributed by atoms with Crippen molar-refractivity contribution in [1.29, 1.82) is 0 Å². The van der Waals surface area contributed by atoms with Crippen LogP contribution in [-0.4, -0.2) is 37.2 Å². The molecule has 0 fully saturated rings. The second-order valence-electron chi connectivity index (χ2n) is 16.8. The summed E-state index contributed by atoms with van der Waals surface area (Å²) in [6, 6.07) is 0. The molecule has 0 aromatic heterocycles. The molecule has 63 heavy (non-hydrogen) atoms. The van der Waals surface area contributed by atoms with E-state index in [1.165, 1.54) is 122 Å². The molecule has 0 aromatic carbocycles. The van der Waals surface area contributed by atoms with Gasteiger partial charge in [0.1, 0.15) is 13.2 Å². The Bertz CT molecular complexity index is 1280. The van der Waals surface area contributed by atoms with Crippen LogP contribution in [0.15, 0.2) is 97.2 Å². The molecule has 6 heteroatoms. The molecule has 0 N–H and O–H groups in total. The number of ether oxygens (including phenoxy) is 3. The normalized spacial score (nSPS) is 12.9. The average Bonchev–Trinajstić information content (AvgIpc) is 3.28. The maximum absolute atomic E-state index is 12.8. The van der Waals surface area contributed by atoms with Gasteiger partial charge in [-0.05, 0) is 64.2 Å². The van der Waals surface area contributed by atoms with Crippen LogP contribution in [0.1, 0.15) is 226 Å². The lowest BCUT2D eigenvalue weighted by Crippen LogP contribution is -2.30. The van der Waals surface area contributed by atoms with Crippen molar-refractivity contribution < 1.29 is 28.6 Å². The van der Waals surface area contributed by atoms with Crippen LogP contribution in [0.25, 0.3) is 0 Å². The third kappa shape index (κ3) is 49.2. The van der Waals surface area contributed by atoms with E-state index in [4.69, 9.17) is 14.2 Å². The van der Waals surface area contributed by atoms with Crippen LogP contribution in [0, 0.1) is 0 Å². The van der Waals surface area contributed by atoms with Crippen molar-refractivity contribution in [1.82, 2.24) is 0 Å². The maximum Gasteiger partial charge on any atom is 0.306 e. The maximum atomic E-state index is 12.8. The summed E-state index contributed by atoms with van der Waals surface area (Å²) in [7, 11) is 0. The second kappa shape index (κ2) is 51.0. The van der Waals surface area contributed by atoms with E-state index < -0.39 is 6.10 Å². The van der Waals surface area contributed by atoms with E-state index in [1.54, 1.807) is 0 Å². The van der Waals surface area contributed by atoms with E-state index >= 15 is 0 Å². The fraction of sp³-hybridized carbons (Fsp3) is 0.667. The van der Waals surface area contributed by atoms with Gasteiger partial charge in [0.2, 0.25) is 0 Å². The van der Waals surface area contributed by atoms with Crippen molar-refractivity contribution >= 4 is 17.9 Å². The summed E-state index contributed by atoms with van der Waals surface area (Å²) in [4.78, 5) is 37.9. The van der Waals surface area contributed by atoms with Gasteiger partial charge >= 0.3 is 17.9 Å². The minimum atomic E-state index is -0.825. The molecule has 1 atom stereocenters. The molecule has 0 aliphatic carbocycles. The minimum absolute atomic E-state index is 0.125. The monoisotopic (exact) mass is 875 g/mol. The van der Waals surface area contributed by atoms with Crippen molar-refractivity contribution in [3.63, 3.8) is 0 Å². The van der Waals surface area contributed by atoms with Gasteiger partial charge in [-0.3, -0.25) is 14.4 Å². The lowest BCUT2D eigenvalue weighted by molar-refractivity contribution is -0.167. The molecular weight excluding hydrogens is 781 g/mol. The smallest absolute Gasteiger partial charge is 0.306 e. The highest BCUT2D eigenvalue weighted by molar-refractivity contribution is 5.71. The Kier molecular flexibility index (Phi) is 48.0. The van der Waals surface area contributed by atoms with Crippen LogP contribution in [0.5, 0.6) is 0 Å². The topological polar surface area (TPSA) is 78.9 Å². The standard InChI is InChI=1S/C57H94O6/c1-4-7-10-13-16-19-22-25-27-28-30-32-35-38-41-44-47-50-56(59)62-53-54(52-61-55(58)49-46-43-40-37-34-31-24-21-18-15-12-9-6-3)63-57(60)51-48-45-42-39-36-33-29-26-23-20-17-14-11-8-5-2/h9,12,15,18,21,24-25,27,30-32,34,37-38,40-41,54H,4-8,10-11,13-14,16-17,19-20,22-23,26,28-29,33,35-36,39,42-53H2,1-3H3/b12-9-,18-15-,24-21-,27-25-,32-30-,34-31-,40-37-,41-38-. The number of hydrogen-bond donors (Lipinski definition) is 0. The highest BCUT2D eigenvalue weighted by Gasteiger charge is 2.19. The third-order valence-electron chi connectivity index (χ3n) is 10.7. The second-order valence-corrected chi connectivity index (χ2v) is 16.8. The van der Waals surface area contributed by atoms with E-state index in [1.807, 2.05) is 54.7 Å². The molecule has 0 rings (SSSR count). The highest BCUT2D eigenvalue weighted by atomic mass is 16.6. The van der Waals surface area contributed by atoms with E-state index in [0.29, 0.717) is 19.3 Å². The van der Waals surface area contributed by atoms with Crippen LogP contribution in [0.3, 0.4) is 0 Å². The van der Waals surface area contributed by atoms with Gasteiger partial charge in [0, 0.05) is 19.3 Å². The van der Waals surface area contributed by atoms with Gasteiger partial charge in [-0.2, -0.15) is 0 Å². The van der Waals surface area contributed by atoms with E-state index in [2.05, 4.69) is 63.3 Å². The van der Waals surface area contributed by atoms with Gasteiger partial charge in [-0.15, -0.1) is 0 Å². The first-order chi connectivity index (χ1) is 31.0. The summed E-state index contributed by atoms with van der Waals surface area (Å²) in [5.41, 5.74) is 0. The van der Waals surface area contributed by atoms with Gasteiger partial charge in [0.05, 0.1) is 0 Å². The predicted molar refractivity (Wildman–Crippen MR) is 270 cm³/mol. The number of unbranched alkanes of at least 4 members (excludes halogenated alkanes) is 22. The number of rotatable bonds is 45. The van der Waals surface area contributed by atoms with Crippen molar-refractivity contribution in [3.05, 3.63) is 97.2 Å². The first kappa shape index (κ1) is 59.3. The van der Waals surface area contributed by atoms with Crippen LogP contribution in [-0.2, 0) is 28.6 Å². The quantitative estimate of drug-likeness (QED) is 0.0199. The largest absolute Gasteiger partial charge is 0.462 e. The first-order valence-electron chi connectivity index (χ1n) is 25.8. The molecule has 0 saturated carbocycles. The predicted octanol–water partition coefficient (Wildman–Crippen LogP) is 17.0. The van der Waals surface area contributed by atoms with Crippen LogP contribution in [0.4, 0.5) is 0 Å². The number of hydrogen-bond acceptors (Lipinski definition) is 6. The van der Waals surface area contributed by atoms with Crippen LogP contribution in [0.2, 0.25) is 0 Å². The lowest BCUT2D eigenvalue weighted by Gasteiger charge is -2.18. The molecule has 0 aliphatic heterocycles. The molecule has 0 radical (unpaired) electrons. The Labute approximate surface area is 387 Å². The molecule has 0 spiro atoms. The van der Waals surface area contributed by atoms with Gasteiger partial charge in [-0.1, -0.05) is 240 Å². The summed E-state index contributed by atoms with van der Waals surface area (Å²) in [6.07, 6.45) is 66.9. The highest BCUT2D eigenvalue weighted by Crippen LogP contribution is 2.15. The van der Waals surface area contributed by atoms with Crippen molar-refractivity contribution in [3.8, 4) is 0 Å². The van der Waals surface area contributed by atoms with Crippen LogP contribution < -0.4 is 0 Å². The zero-order chi connectivity index (χ0) is 45.8. The summed E-state index contributed by atoms with van der Waals surface area (Å²) in [5.74, 6) is -1.05. The summed E-state index contributed by atoms with van der Waals surface area (Å²) < 4.78 is 16.7. The number of allylic oxidation sites excluding steroid dienone is 16. The molecule has 0 amide bonds. The average molecular weight is 875 g/mol. The van der Waals surface area contributed by atoms with Gasteiger partial charge < -0.3 is 14.2 Å². The molecule has 1 unspecified atom stereocenters. The molecule has 6 nitrogen and oxygen atoms in total.